The predicted octanol–water partition coefficient (Wildman–Crippen LogP) is 2.60. The number of halogens is 2. The second-order valence-corrected chi connectivity index (χ2v) is 5.20. The maximum Gasteiger partial charge on any atom is 0.387 e. The van der Waals surface area contributed by atoms with E-state index in [0.29, 0.717) is 22.6 Å². The van der Waals surface area contributed by atoms with E-state index >= 15 is 0 Å². The molecule has 0 unspecified atom stereocenters. The lowest BCUT2D eigenvalue weighted by Crippen LogP contribution is -2.23. The van der Waals surface area contributed by atoms with E-state index in [2.05, 4.69) is 4.74 Å². The monoisotopic (exact) mass is 379 g/mol. The lowest BCUT2D eigenvalue weighted by molar-refractivity contribution is -0.295. The molecule has 0 N–H and O–H groups in total. The molecule has 0 aliphatic rings. The van der Waals surface area contributed by atoms with Crippen molar-refractivity contribution in [1.29, 1.82) is 0 Å². The number of benzene rings is 2. The molecule has 0 aromatic heterocycles. The lowest BCUT2D eigenvalue weighted by Gasteiger charge is -2.14. The second-order valence-electron chi connectivity index (χ2n) is 5.20. The normalized spacial score (nSPS) is 11.3. The van der Waals surface area contributed by atoms with Gasteiger partial charge in [0, 0.05) is 5.57 Å². The van der Waals surface area contributed by atoms with Crippen LogP contribution in [0, 0.1) is 0 Å². The van der Waals surface area contributed by atoms with Crippen molar-refractivity contribution < 1.29 is 37.6 Å². The van der Waals surface area contributed by atoms with E-state index in [-0.39, 0.29) is 17.1 Å². The number of hydrogen-bond acceptors (Lipinski definition) is 6. The second kappa shape index (κ2) is 8.88. The Morgan fingerprint density at radius 1 is 0.926 bits per heavy atom. The van der Waals surface area contributed by atoms with Gasteiger partial charge in [-0.2, -0.15) is 8.78 Å². The summed E-state index contributed by atoms with van der Waals surface area (Å²) < 4.78 is 44.5. The number of ether oxygens (including phenoxy) is 4. The Morgan fingerprint density at radius 2 is 1.52 bits per heavy atom. The van der Waals surface area contributed by atoms with Crippen molar-refractivity contribution in [2.75, 3.05) is 21.3 Å². The van der Waals surface area contributed by atoms with E-state index in [1.807, 2.05) is 0 Å². The highest BCUT2D eigenvalue weighted by atomic mass is 19.3. The Labute approximate surface area is 154 Å². The SMILES string of the molecule is COc1ccc(/C(=C\c2ccc(OC(F)F)c(OC)c2)C(=O)[O-])cc1OC. The molecule has 0 saturated carbocycles. The molecule has 2 aromatic rings. The Kier molecular flexibility index (Phi) is 6.59. The third-order valence-corrected chi connectivity index (χ3v) is 3.63. The smallest absolute Gasteiger partial charge is 0.387 e. The minimum atomic E-state index is -3.01. The molecule has 144 valence electrons. The largest absolute Gasteiger partial charge is 0.545 e. The molecular formula is C19H17F2O6-. The summed E-state index contributed by atoms with van der Waals surface area (Å²) in [5, 5.41) is 11.6. The van der Waals surface area contributed by atoms with Gasteiger partial charge in [0.15, 0.2) is 23.0 Å². The summed E-state index contributed by atoms with van der Waals surface area (Å²) in [5.41, 5.74) is 0.572. The van der Waals surface area contributed by atoms with Gasteiger partial charge in [-0.05, 0) is 41.5 Å². The van der Waals surface area contributed by atoms with Gasteiger partial charge in [0.1, 0.15) is 0 Å². The first-order chi connectivity index (χ1) is 12.9. The van der Waals surface area contributed by atoms with Crippen LogP contribution in [0.5, 0.6) is 23.0 Å². The molecule has 0 aliphatic carbocycles. The van der Waals surface area contributed by atoms with Gasteiger partial charge in [0.2, 0.25) is 0 Å². The number of methoxy groups -OCH3 is 3. The molecule has 0 radical (unpaired) electrons. The fourth-order valence-corrected chi connectivity index (χ4v) is 2.40. The molecule has 0 aliphatic heterocycles. The first-order valence-corrected chi connectivity index (χ1v) is 7.68. The fraction of sp³-hybridized carbons (Fsp3) is 0.211. The average molecular weight is 379 g/mol. The number of alkyl halides is 2. The highest BCUT2D eigenvalue weighted by molar-refractivity contribution is 6.19. The number of carboxylic acid groups (broad SMARTS) is 1. The summed E-state index contributed by atoms with van der Waals surface area (Å²) >= 11 is 0. The topological polar surface area (TPSA) is 77.1 Å². The van der Waals surface area contributed by atoms with Gasteiger partial charge in [0.05, 0.1) is 27.3 Å². The van der Waals surface area contributed by atoms with Gasteiger partial charge in [-0.3, -0.25) is 0 Å². The molecule has 0 bridgehead atoms. The van der Waals surface area contributed by atoms with E-state index in [1.165, 1.54) is 57.7 Å². The van der Waals surface area contributed by atoms with Crippen LogP contribution in [0.1, 0.15) is 11.1 Å². The first-order valence-electron chi connectivity index (χ1n) is 7.68. The van der Waals surface area contributed by atoms with Crippen molar-refractivity contribution in [2.24, 2.45) is 0 Å². The van der Waals surface area contributed by atoms with Crippen molar-refractivity contribution >= 4 is 17.6 Å². The highest BCUT2D eigenvalue weighted by Gasteiger charge is 2.13. The van der Waals surface area contributed by atoms with E-state index in [1.54, 1.807) is 6.07 Å². The van der Waals surface area contributed by atoms with Gasteiger partial charge >= 0.3 is 6.61 Å². The van der Waals surface area contributed by atoms with Crippen LogP contribution in [-0.2, 0) is 4.79 Å². The number of carbonyl (C=O) groups excluding carboxylic acids is 1. The summed E-state index contributed by atoms with van der Waals surface area (Å²) in [7, 11) is 4.17. The van der Waals surface area contributed by atoms with Crippen molar-refractivity contribution in [3.63, 3.8) is 0 Å². The van der Waals surface area contributed by atoms with Crippen molar-refractivity contribution in [3.8, 4) is 23.0 Å². The van der Waals surface area contributed by atoms with Crippen LogP contribution >= 0.6 is 0 Å². The number of rotatable bonds is 8. The quantitative estimate of drug-likeness (QED) is 0.518. The third kappa shape index (κ3) is 4.87. The molecular weight excluding hydrogens is 362 g/mol. The molecule has 0 amide bonds. The Bertz CT molecular complexity index is 848. The summed E-state index contributed by atoms with van der Waals surface area (Å²) in [6.07, 6.45) is 1.32. The zero-order valence-corrected chi connectivity index (χ0v) is 14.8. The van der Waals surface area contributed by atoms with Crippen LogP contribution in [0.3, 0.4) is 0 Å². The molecule has 27 heavy (non-hydrogen) atoms. The minimum Gasteiger partial charge on any atom is -0.545 e. The molecule has 2 rings (SSSR count). The van der Waals surface area contributed by atoms with Crippen LogP contribution in [0.4, 0.5) is 8.78 Å². The van der Waals surface area contributed by atoms with Crippen molar-refractivity contribution in [2.45, 2.75) is 6.61 Å². The molecule has 0 atom stereocenters. The molecule has 0 saturated heterocycles. The number of carbonyl (C=O) groups is 1. The van der Waals surface area contributed by atoms with Gasteiger partial charge in [-0.15, -0.1) is 0 Å². The first kappa shape index (κ1) is 20.0. The van der Waals surface area contributed by atoms with Crippen LogP contribution in [0.2, 0.25) is 0 Å². The van der Waals surface area contributed by atoms with E-state index in [9.17, 15) is 18.7 Å². The van der Waals surface area contributed by atoms with E-state index in [0.717, 1.165) is 0 Å². The van der Waals surface area contributed by atoms with Crippen LogP contribution < -0.4 is 24.1 Å². The van der Waals surface area contributed by atoms with E-state index in [4.69, 9.17) is 14.2 Å². The van der Waals surface area contributed by atoms with Gasteiger partial charge in [0.25, 0.3) is 0 Å². The fourth-order valence-electron chi connectivity index (χ4n) is 2.40. The van der Waals surface area contributed by atoms with Gasteiger partial charge in [-0.1, -0.05) is 12.1 Å². The highest BCUT2D eigenvalue weighted by Crippen LogP contribution is 2.33. The Balaban J connectivity index is 2.48. The van der Waals surface area contributed by atoms with Crippen molar-refractivity contribution in [1.82, 2.24) is 0 Å². The zero-order valence-electron chi connectivity index (χ0n) is 14.8. The molecule has 6 nitrogen and oxygen atoms in total. The summed E-state index contributed by atoms with van der Waals surface area (Å²) in [5.74, 6) is -0.761. The van der Waals surface area contributed by atoms with Gasteiger partial charge < -0.3 is 28.8 Å². The Hall–Kier alpha value is -3.29. The zero-order chi connectivity index (χ0) is 20.0. The molecule has 2 aromatic carbocycles. The molecule has 0 fully saturated rings. The number of carboxylic acids is 1. The maximum absolute atomic E-state index is 12.4. The predicted molar refractivity (Wildman–Crippen MR) is 92.1 cm³/mol. The third-order valence-electron chi connectivity index (χ3n) is 3.63. The number of hydrogen-bond donors (Lipinski definition) is 0. The lowest BCUT2D eigenvalue weighted by atomic mass is 10.0. The standard InChI is InChI=1S/C19H18F2O6/c1-24-14-7-5-12(10-17(14)26-3)13(18(22)23)8-11-4-6-15(27-19(20)21)16(9-11)25-2/h4-10,19H,1-3H3,(H,22,23)/p-1/b13-8+. The maximum atomic E-state index is 12.4. The van der Waals surface area contributed by atoms with Crippen LogP contribution in [0.15, 0.2) is 36.4 Å². The van der Waals surface area contributed by atoms with Crippen LogP contribution in [-0.4, -0.2) is 33.9 Å². The van der Waals surface area contributed by atoms with Crippen molar-refractivity contribution in [3.05, 3.63) is 47.5 Å². The Morgan fingerprint density at radius 3 is 2.07 bits per heavy atom. The summed E-state index contributed by atoms with van der Waals surface area (Å²) in [4.78, 5) is 11.6. The average Bonchev–Trinajstić information content (AvgIpc) is 2.65. The molecule has 8 heteroatoms. The number of aliphatic carboxylic acids is 1. The molecule has 0 spiro atoms. The van der Waals surface area contributed by atoms with Crippen LogP contribution in [0.25, 0.3) is 11.6 Å². The van der Waals surface area contributed by atoms with E-state index < -0.39 is 12.6 Å². The van der Waals surface area contributed by atoms with Gasteiger partial charge in [-0.25, -0.2) is 0 Å². The summed E-state index contributed by atoms with van der Waals surface area (Å²) in [6, 6.07) is 8.65. The summed E-state index contributed by atoms with van der Waals surface area (Å²) in [6.45, 7) is -3.01. The molecule has 0 heterocycles. The minimum absolute atomic E-state index is 0.0362.